The third-order valence-electron chi connectivity index (χ3n) is 1.41. The van der Waals surface area contributed by atoms with Gasteiger partial charge in [0.1, 0.15) is 0 Å². The van der Waals surface area contributed by atoms with Crippen molar-refractivity contribution < 1.29 is 9.59 Å². The van der Waals surface area contributed by atoms with Gasteiger partial charge in [0.2, 0.25) is 5.91 Å². The Bertz CT molecular complexity index is 180. The Morgan fingerprint density at radius 1 is 1.23 bits per heavy atom. The van der Waals surface area contributed by atoms with Gasteiger partial charge in [-0.05, 0) is 6.92 Å². The fourth-order valence-electron chi connectivity index (χ4n) is 0.727. The van der Waals surface area contributed by atoms with Crippen molar-refractivity contribution in [3.8, 4) is 0 Å². The lowest BCUT2D eigenvalue weighted by molar-refractivity contribution is -0.120. The summed E-state index contributed by atoms with van der Waals surface area (Å²) in [6.45, 7) is 2.86. The number of hydrogen-bond donors (Lipinski definition) is 2. The van der Waals surface area contributed by atoms with E-state index in [-0.39, 0.29) is 11.9 Å². The second-order valence-electron chi connectivity index (χ2n) is 2.83. The molecule has 0 aromatic carbocycles. The lowest BCUT2D eigenvalue weighted by Crippen LogP contribution is -2.37. The Labute approximate surface area is 78.5 Å². The third-order valence-corrected chi connectivity index (χ3v) is 1.41. The molecule has 0 unspecified atom stereocenters. The van der Waals surface area contributed by atoms with Gasteiger partial charge in [-0.1, -0.05) is 0 Å². The van der Waals surface area contributed by atoms with Gasteiger partial charge in [0.15, 0.2) is 0 Å². The second kappa shape index (κ2) is 6.28. The highest BCUT2D eigenvalue weighted by molar-refractivity contribution is 5.77. The summed E-state index contributed by atoms with van der Waals surface area (Å²) in [7, 11) is 3.31. The number of rotatable bonds is 4. The molecule has 0 saturated heterocycles. The lowest BCUT2D eigenvalue weighted by atomic mass is 10.4. The average Bonchev–Trinajstić information content (AvgIpc) is 2.04. The van der Waals surface area contributed by atoms with Crippen LogP contribution in [0.15, 0.2) is 0 Å². The summed E-state index contributed by atoms with van der Waals surface area (Å²) in [6, 6.07) is -0.177. The minimum Gasteiger partial charge on any atom is -0.356 e. The van der Waals surface area contributed by atoms with Gasteiger partial charge in [0.05, 0.1) is 0 Å². The number of nitrogens with one attached hydrogen (secondary N) is 2. The van der Waals surface area contributed by atoms with Crippen LogP contribution in [-0.2, 0) is 4.79 Å². The van der Waals surface area contributed by atoms with Gasteiger partial charge in [-0.15, -0.1) is 0 Å². The number of nitrogens with zero attached hydrogens (tertiary/aromatic N) is 1. The predicted octanol–water partition coefficient (Wildman–Crippen LogP) is -0.216. The Balaban J connectivity index is 3.45. The van der Waals surface area contributed by atoms with E-state index >= 15 is 0 Å². The van der Waals surface area contributed by atoms with Crippen molar-refractivity contribution in [2.45, 2.75) is 13.3 Å². The molecule has 76 valence electrons. The van der Waals surface area contributed by atoms with E-state index < -0.39 is 0 Å². The fourth-order valence-corrected chi connectivity index (χ4v) is 0.727. The summed E-state index contributed by atoms with van der Waals surface area (Å²) >= 11 is 0. The molecule has 0 saturated carbocycles. The molecule has 5 nitrogen and oxygen atoms in total. The zero-order valence-electron chi connectivity index (χ0n) is 8.39. The normalized spacial score (nSPS) is 9.15. The number of hydrogen-bond acceptors (Lipinski definition) is 2. The Kier molecular flexibility index (Phi) is 5.67. The van der Waals surface area contributed by atoms with Crippen molar-refractivity contribution in [3.05, 3.63) is 0 Å². The molecule has 0 atom stereocenters. The molecule has 0 aliphatic carbocycles. The van der Waals surface area contributed by atoms with Crippen molar-refractivity contribution in [1.82, 2.24) is 15.5 Å². The summed E-state index contributed by atoms with van der Waals surface area (Å²) in [5.74, 6) is -0.0402. The van der Waals surface area contributed by atoms with Gasteiger partial charge in [-0.2, -0.15) is 0 Å². The summed E-state index contributed by atoms with van der Waals surface area (Å²) in [5.41, 5.74) is 0. The first kappa shape index (κ1) is 11.7. The highest BCUT2D eigenvalue weighted by Crippen LogP contribution is 1.80. The highest BCUT2D eigenvalue weighted by atomic mass is 16.2. The molecule has 0 aromatic heterocycles. The van der Waals surface area contributed by atoms with Crippen LogP contribution >= 0.6 is 0 Å². The van der Waals surface area contributed by atoms with Gasteiger partial charge in [-0.3, -0.25) is 4.79 Å². The van der Waals surface area contributed by atoms with Gasteiger partial charge in [0.25, 0.3) is 0 Å². The number of amides is 3. The molecule has 0 heterocycles. The Morgan fingerprint density at radius 3 is 2.31 bits per heavy atom. The molecule has 2 N–H and O–H groups in total. The number of carbonyl (C=O) groups is 2. The molecule has 0 aliphatic rings. The number of carbonyl (C=O) groups excluding carboxylic acids is 2. The number of urea groups is 1. The maximum Gasteiger partial charge on any atom is 0.316 e. The molecule has 0 spiro atoms. The zero-order chi connectivity index (χ0) is 10.3. The SMILES string of the molecule is CCNC(=O)CCNC(=O)N(C)C. The maximum atomic E-state index is 11.0. The van der Waals surface area contributed by atoms with E-state index in [1.807, 2.05) is 6.92 Å². The predicted molar refractivity (Wildman–Crippen MR) is 50.4 cm³/mol. The van der Waals surface area contributed by atoms with Crippen LogP contribution in [0.3, 0.4) is 0 Å². The van der Waals surface area contributed by atoms with Crippen LogP contribution < -0.4 is 10.6 Å². The minimum atomic E-state index is -0.177. The Morgan fingerprint density at radius 2 is 1.85 bits per heavy atom. The molecular weight excluding hydrogens is 170 g/mol. The monoisotopic (exact) mass is 187 g/mol. The molecule has 0 fully saturated rings. The first-order valence-corrected chi connectivity index (χ1v) is 4.29. The molecule has 13 heavy (non-hydrogen) atoms. The summed E-state index contributed by atoms with van der Waals surface area (Å²) in [6.07, 6.45) is 0.327. The lowest BCUT2D eigenvalue weighted by Gasteiger charge is -2.11. The summed E-state index contributed by atoms with van der Waals surface area (Å²) in [4.78, 5) is 23.3. The fraction of sp³-hybridized carbons (Fsp3) is 0.750. The molecule has 0 radical (unpaired) electrons. The first-order valence-electron chi connectivity index (χ1n) is 4.29. The van der Waals surface area contributed by atoms with E-state index in [9.17, 15) is 9.59 Å². The maximum absolute atomic E-state index is 11.0. The van der Waals surface area contributed by atoms with Crippen LogP contribution in [0.25, 0.3) is 0 Å². The van der Waals surface area contributed by atoms with Crippen molar-refractivity contribution in [2.24, 2.45) is 0 Å². The topological polar surface area (TPSA) is 61.4 Å². The molecule has 0 aromatic rings. The summed E-state index contributed by atoms with van der Waals surface area (Å²) < 4.78 is 0. The van der Waals surface area contributed by atoms with Crippen molar-refractivity contribution in [3.63, 3.8) is 0 Å². The van der Waals surface area contributed by atoms with Gasteiger partial charge < -0.3 is 15.5 Å². The van der Waals surface area contributed by atoms with Crippen LogP contribution in [0.1, 0.15) is 13.3 Å². The van der Waals surface area contributed by atoms with E-state index in [1.54, 1.807) is 14.1 Å². The van der Waals surface area contributed by atoms with E-state index in [0.717, 1.165) is 0 Å². The molecule has 0 bridgehead atoms. The molecular formula is C8H17N3O2. The van der Waals surface area contributed by atoms with Crippen molar-refractivity contribution in [2.75, 3.05) is 27.2 Å². The van der Waals surface area contributed by atoms with Crippen LogP contribution in [0.5, 0.6) is 0 Å². The smallest absolute Gasteiger partial charge is 0.316 e. The quantitative estimate of drug-likeness (QED) is 0.639. The molecule has 0 rings (SSSR count). The molecule has 3 amide bonds. The Hall–Kier alpha value is -1.26. The zero-order valence-corrected chi connectivity index (χ0v) is 8.39. The van der Waals surface area contributed by atoms with Gasteiger partial charge in [-0.25, -0.2) is 4.79 Å². The average molecular weight is 187 g/mol. The van der Waals surface area contributed by atoms with Crippen LogP contribution in [0.2, 0.25) is 0 Å². The first-order chi connectivity index (χ1) is 6.07. The van der Waals surface area contributed by atoms with E-state index in [0.29, 0.717) is 19.5 Å². The standard InChI is InChI=1S/C8H17N3O2/c1-4-9-7(12)5-6-10-8(13)11(2)3/h4-6H2,1-3H3,(H,9,12)(H,10,13). The molecule has 5 heteroatoms. The van der Waals surface area contributed by atoms with Crippen LogP contribution in [0.4, 0.5) is 4.79 Å². The second-order valence-corrected chi connectivity index (χ2v) is 2.83. The van der Waals surface area contributed by atoms with E-state index in [4.69, 9.17) is 0 Å². The van der Waals surface area contributed by atoms with Crippen molar-refractivity contribution >= 4 is 11.9 Å². The van der Waals surface area contributed by atoms with Crippen molar-refractivity contribution in [1.29, 1.82) is 0 Å². The van der Waals surface area contributed by atoms with Gasteiger partial charge in [0, 0.05) is 33.6 Å². The van der Waals surface area contributed by atoms with Gasteiger partial charge >= 0.3 is 6.03 Å². The van der Waals surface area contributed by atoms with E-state index in [1.165, 1.54) is 4.90 Å². The highest BCUT2D eigenvalue weighted by Gasteiger charge is 2.03. The largest absolute Gasteiger partial charge is 0.356 e. The summed E-state index contributed by atoms with van der Waals surface area (Å²) in [5, 5.41) is 5.24. The third kappa shape index (κ3) is 5.95. The minimum absolute atomic E-state index is 0.0402. The molecule has 0 aliphatic heterocycles. The van der Waals surface area contributed by atoms with Crippen LogP contribution in [-0.4, -0.2) is 44.0 Å². The van der Waals surface area contributed by atoms with E-state index in [2.05, 4.69) is 10.6 Å². The van der Waals surface area contributed by atoms with Crippen LogP contribution in [0, 0.1) is 0 Å².